The summed E-state index contributed by atoms with van der Waals surface area (Å²) in [7, 11) is 0. The molecule has 25 heavy (non-hydrogen) atoms. The van der Waals surface area contributed by atoms with Crippen LogP contribution in [0.4, 0.5) is 11.4 Å². The van der Waals surface area contributed by atoms with E-state index in [0.717, 1.165) is 16.3 Å². The Labute approximate surface area is 159 Å². The Balaban J connectivity index is 1.67. The van der Waals surface area contributed by atoms with Crippen molar-refractivity contribution in [2.45, 2.75) is 18.2 Å². The highest BCUT2D eigenvalue weighted by molar-refractivity contribution is 8.04. The van der Waals surface area contributed by atoms with Gasteiger partial charge < -0.3 is 10.6 Å². The lowest BCUT2D eigenvalue weighted by molar-refractivity contribution is -0.123. The van der Waals surface area contributed by atoms with Crippen LogP contribution in [0.5, 0.6) is 0 Å². The molecule has 0 saturated carbocycles. The van der Waals surface area contributed by atoms with Crippen LogP contribution in [0.3, 0.4) is 0 Å². The highest BCUT2D eigenvalue weighted by atomic mass is 35.5. The molecule has 0 radical (unpaired) electrons. The Morgan fingerprint density at radius 2 is 1.88 bits per heavy atom. The minimum atomic E-state index is -0.400. The molecule has 128 valence electrons. The Morgan fingerprint density at radius 1 is 1.12 bits per heavy atom. The Morgan fingerprint density at radius 3 is 2.64 bits per heavy atom. The van der Waals surface area contributed by atoms with Crippen LogP contribution in [-0.2, 0) is 9.59 Å². The summed E-state index contributed by atoms with van der Waals surface area (Å²) in [5.74, 6) is -0.634. The van der Waals surface area contributed by atoms with Crippen molar-refractivity contribution in [3.8, 4) is 0 Å². The lowest BCUT2D eigenvalue weighted by atomic mass is 10.2. The van der Waals surface area contributed by atoms with Gasteiger partial charge in [-0.25, -0.2) is 0 Å². The van der Waals surface area contributed by atoms with Gasteiger partial charge in [-0.05, 0) is 37.3 Å². The van der Waals surface area contributed by atoms with Crippen LogP contribution in [0.25, 0.3) is 0 Å². The van der Waals surface area contributed by atoms with Crippen molar-refractivity contribution in [3.63, 3.8) is 0 Å². The molecule has 1 amide bonds. The molecule has 0 atom stereocenters. The predicted molar refractivity (Wildman–Crippen MR) is 103 cm³/mol. The molecule has 1 heterocycles. The summed E-state index contributed by atoms with van der Waals surface area (Å²) in [5, 5.41) is 6.60. The van der Waals surface area contributed by atoms with Crippen molar-refractivity contribution >= 4 is 58.0 Å². The van der Waals surface area contributed by atoms with Crippen molar-refractivity contribution in [2.24, 2.45) is 0 Å². The van der Waals surface area contributed by atoms with Gasteiger partial charge in [-0.3, -0.25) is 9.59 Å². The number of ketones is 1. The van der Waals surface area contributed by atoms with Gasteiger partial charge in [-0.15, -0.1) is 0 Å². The van der Waals surface area contributed by atoms with E-state index < -0.39 is 5.91 Å². The van der Waals surface area contributed by atoms with Crippen molar-refractivity contribution in [3.05, 3.63) is 63.1 Å². The van der Waals surface area contributed by atoms with Crippen LogP contribution in [0.15, 0.2) is 58.0 Å². The highest BCUT2D eigenvalue weighted by Gasteiger charge is 2.23. The minimum absolute atomic E-state index is 0.234. The summed E-state index contributed by atoms with van der Waals surface area (Å²) in [6.07, 6.45) is -0.246. The molecule has 7 heteroatoms. The molecule has 1 aliphatic heterocycles. The van der Waals surface area contributed by atoms with Crippen LogP contribution in [0, 0.1) is 0 Å². The van der Waals surface area contributed by atoms with Crippen LogP contribution >= 0.6 is 35.0 Å². The molecule has 3 rings (SSSR count). The van der Waals surface area contributed by atoms with Gasteiger partial charge in [0.2, 0.25) is 5.91 Å². The van der Waals surface area contributed by atoms with Crippen LogP contribution < -0.4 is 10.6 Å². The van der Waals surface area contributed by atoms with Crippen molar-refractivity contribution in [1.82, 2.24) is 0 Å². The first kappa shape index (κ1) is 17.9. The number of hydrogen-bond acceptors (Lipinski definition) is 4. The smallest absolute Gasteiger partial charge is 0.232 e. The highest BCUT2D eigenvalue weighted by Crippen LogP contribution is 2.40. The maximum atomic E-state index is 12.5. The predicted octanol–water partition coefficient (Wildman–Crippen LogP) is 5.34. The lowest BCUT2D eigenvalue weighted by Gasteiger charge is -2.21. The van der Waals surface area contributed by atoms with E-state index >= 15 is 0 Å². The number of anilines is 2. The van der Waals surface area contributed by atoms with E-state index in [1.165, 1.54) is 11.8 Å². The van der Waals surface area contributed by atoms with Gasteiger partial charge in [0, 0.05) is 16.3 Å². The molecule has 2 aromatic carbocycles. The molecule has 2 aromatic rings. The summed E-state index contributed by atoms with van der Waals surface area (Å²) in [6.45, 7) is 1.83. The number of thioether (sulfide) groups is 1. The molecule has 0 fully saturated rings. The van der Waals surface area contributed by atoms with E-state index in [1.807, 2.05) is 31.2 Å². The van der Waals surface area contributed by atoms with Crippen molar-refractivity contribution in [2.75, 3.05) is 10.6 Å². The largest absolute Gasteiger partial charge is 0.357 e. The number of Topliss-reactive ketones (excluding diaryl/α,β-unsaturated/α-hetero) is 1. The van der Waals surface area contributed by atoms with Crippen LogP contribution in [0.2, 0.25) is 10.0 Å². The third-order valence-electron chi connectivity index (χ3n) is 3.54. The number of benzene rings is 2. The summed E-state index contributed by atoms with van der Waals surface area (Å²) >= 11 is 13.1. The number of nitrogens with one attached hydrogen (secondary N) is 2. The second kappa shape index (κ2) is 7.52. The first-order valence-corrected chi connectivity index (χ1v) is 9.04. The SMILES string of the molecule is CC1=C(C(=O)CC(=O)Nc2ccc(Cl)c(Cl)c2)Sc2ccccc2N1. The molecule has 4 nitrogen and oxygen atoms in total. The maximum absolute atomic E-state index is 12.5. The standard InChI is InChI=1S/C18H14Cl2N2O2S/c1-10-18(25-16-5-3-2-4-14(16)21-10)15(23)9-17(24)22-11-6-7-12(19)13(20)8-11/h2-8,21H,9H2,1H3,(H,22,24). The number of fused-ring (bicyclic) bond motifs is 1. The first-order valence-electron chi connectivity index (χ1n) is 7.47. The van der Waals surface area contributed by atoms with E-state index in [0.29, 0.717) is 20.6 Å². The number of rotatable bonds is 4. The van der Waals surface area contributed by atoms with Gasteiger partial charge in [0.15, 0.2) is 5.78 Å². The monoisotopic (exact) mass is 392 g/mol. The molecular formula is C18H14Cl2N2O2S. The normalized spacial score (nSPS) is 13.1. The number of carbonyl (C=O) groups excluding carboxylic acids is 2. The summed E-state index contributed by atoms with van der Waals surface area (Å²) in [4.78, 5) is 26.2. The van der Waals surface area contributed by atoms with Crippen LogP contribution in [-0.4, -0.2) is 11.7 Å². The molecule has 0 aromatic heterocycles. The first-order chi connectivity index (χ1) is 11.9. The Bertz CT molecular complexity index is 896. The summed E-state index contributed by atoms with van der Waals surface area (Å²) in [6, 6.07) is 12.5. The van der Waals surface area contributed by atoms with Crippen molar-refractivity contribution < 1.29 is 9.59 Å². The van der Waals surface area contributed by atoms with Gasteiger partial charge in [-0.2, -0.15) is 0 Å². The van der Waals surface area contributed by atoms with E-state index in [-0.39, 0.29) is 12.2 Å². The number of amides is 1. The van der Waals surface area contributed by atoms with E-state index in [1.54, 1.807) is 18.2 Å². The van der Waals surface area contributed by atoms with Crippen LogP contribution in [0.1, 0.15) is 13.3 Å². The summed E-state index contributed by atoms with van der Waals surface area (Å²) < 4.78 is 0. The topological polar surface area (TPSA) is 58.2 Å². The fourth-order valence-electron chi connectivity index (χ4n) is 2.38. The van der Waals surface area contributed by atoms with Gasteiger partial charge >= 0.3 is 0 Å². The lowest BCUT2D eigenvalue weighted by Crippen LogP contribution is -2.19. The average molecular weight is 393 g/mol. The number of hydrogen-bond donors (Lipinski definition) is 2. The molecule has 0 aliphatic carbocycles. The van der Waals surface area contributed by atoms with Gasteiger partial charge in [-0.1, -0.05) is 47.1 Å². The van der Waals surface area contributed by atoms with E-state index in [2.05, 4.69) is 10.6 Å². The van der Waals surface area contributed by atoms with E-state index in [9.17, 15) is 9.59 Å². The van der Waals surface area contributed by atoms with Gasteiger partial charge in [0.1, 0.15) is 0 Å². The molecule has 0 bridgehead atoms. The average Bonchev–Trinajstić information content (AvgIpc) is 2.57. The van der Waals surface area contributed by atoms with Crippen molar-refractivity contribution in [1.29, 1.82) is 0 Å². The zero-order valence-electron chi connectivity index (χ0n) is 13.2. The number of halogens is 2. The minimum Gasteiger partial charge on any atom is -0.357 e. The third-order valence-corrected chi connectivity index (χ3v) is 5.59. The Kier molecular flexibility index (Phi) is 5.37. The second-order valence-electron chi connectivity index (χ2n) is 5.45. The Hall–Kier alpha value is -1.95. The fourth-order valence-corrected chi connectivity index (χ4v) is 3.66. The number of allylic oxidation sites excluding steroid dienone is 2. The quantitative estimate of drug-likeness (QED) is 0.689. The molecule has 0 unspecified atom stereocenters. The second-order valence-corrected chi connectivity index (χ2v) is 7.32. The summed E-state index contributed by atoms with van der Waals surface area (Å²) in [5.41, 5.74) is 2.20. The maximum Gasteiger partial charge on any atom is 0.232 e. The third kappa shape index (κ3) is 4.18. The van der Waals surface area contributed by atoms with Gasteiger partial charge in [0.25, 0.3) is 0 Å². The number of para-hydroxylation sites is 1. The van der Waals surface area contributed by atoms with Gasteiger partial charge in [0.05, 0.1) is 27.1 Å². The molecule has 0 spiro atoms. The zero-order valence-corrected chi connectivity index (χ0v) is 15.6. The molecule has 1 aliphatic rings. The zero-order chi connectivity index (χ0) is 18.0. The molecular weight excluding hydrogens is 379 g/mol. The molecule has 0 saturated heterocycles. The fraction of sp³-hybridized carbons (Fsp3) is 0.111. The molecule has 2 N–H and O–H groups in total. The number of carbonyl (C=O) groups is 2. The van der Waals surface area contributed by atoms with E-state index in [4.69, 9.17) is 23.2 Å².